The number of nitrogens with zero attached hydrogens (tertiary/aromatic N) is 2. The number of aromatic nitrogens is 1. The molecule has 3 nitrogen and oxygen atoms in total. The van der Waals surface area contributed by atoms with E-state index < -0.39 is 0 Å². The number of amides is 1. The van der Waals surface area contributed by atoms with Crippen molar-refractivity contribution < 1.29 is 4.79 Å². The molecule has 0 saturated carbocycles. The van der Waals surface area contributed by atoms with Gasteiger partial charge in [-0.15, -0.1) is 0 Å². The molecule has 1 aromatic carbocycles. The molecule has 4 heteroatoms. The highest BCUT2D eigenvalue weighted by Crippen LogP contribution is 2.11. The molecule has 20 heavy (non-hydrogen) atoms. The molecule has 0 bridgehead atoms. The first-order valence-corrected chi connectivity index (χ1v) is 7.55. The van der Waals surface area contributed by atoms with Crippen LogP contribution in [-0.2, 0) is 11.9 Å². The SMILES string of the molecule is Cc1cccc(CN(C)C(=O)c2ccc(CBr)cc2)n1. The van der Waals surface area contributed by atoms with Crippen LogP contribution in [0.2, 0.25) is 0 Å². The van der Waals surface area contributed by atoms with Crippen molar-refractivity contribution in [2.75, 3.05) is 7.05 Å². The molecule has 0 atom stereocenters. The third kappa shape index (κ3) is 3.67. The molecule has 1 amide bonds. The normalized spacial score (nSPS) is 10.3. The smallest absolute Gasteiger partial charge is 0.253 e. The van der Waals surface area contributed by atoms with Crippen molar-refractivity contribution in [2.45, 2.75) is 18.8 Å². The number of hydrogen-bond acceptors (Lipinski definition) is 2. The molecule has 104 valence electrons. The number of benzene rings is 1. The van der Waals surface area contributed by atoms with Crippen LogP contribution in [0.1, 0.15) is 27.3 Å². The monoisotopic (exact) mass is 332 g/mol. The fourth-order valence-corrected chi connectivity index (χ4v) is 2.33. The summed E-state index contributed by atoms with van der Waals surface area (Å²) in [6, 6.07) is 13.5. The van der Waals surface area contributed by atoms with Crippen molar-refractivity contribution >= 4 is 21.8 Å². The Hall–Kier alpha value is -1.68. The van der Waals surface area contributed by atoms with Crippen LogP contribution in [-0.4, -0.2) is 22.8 Å². The Labute approximate surface area is 127 Å². The summed E-state index contributed by atoms with van der Waals surface area (Å²) in [7, 11) is 1.80. The first-order chi connectivity index (χ1) is 9.60. The van der Waals surface area contributed by atoms with Crippen molar-refractivity contribution in [1.29, 1.82) is 0 Å². The number of aryl methyl sites for hydroxylation is 1. The summed E-state index contributed by atoms with van der Waals surface area (Å²) < 4.78 is 0. The van der Waals surface area contributed by atoms with Crippen LogP contribution in [0.15, 0.2) is 42.5 Å². The van der Waals surface area contributed by atoms with Crippen molar-refractivity contribution in [3.8, 4) is 0 Å². The Bertz CT molecular complexity index is 596. The topological polar surface area (TPSA) is 33.2 Å². The van der Waals surface area contributed by atoms with E-state index in [2.05, 4.69) is 20.9 Å². The average molecular weight is 333 g/mol. The molecule has 1 heterocycles. The van der Waals surface area contributed by atoms with Gasteiger partial charge in [-0.3, -0.25) is 9.78 Å². The zero-order valence-electron chi connectivity index (χ0n) is 11.6. The molecule has 0 radical (unpaired) electrons. The highest BCUT2D eigenvalue weighted by molar-refractivity contribution is 9.08. The molecule has 0 aliphatic heterocycles. The molecule has 0 saturated heterocycles. The highest BCUT2D eigenvalue weighted by Gasteiger charge is 2.12. The Morgan fingerprint density at radius 1 is 1.20 bits per heavy atom. The molecule has 0 unspecified atom stereocenters. The Morgan fingerprint density at radius 2 is 1.90 bits per heavy atom. The number of pyridine rings is 1. The lowest BCUT2D eigenvalue weighted by Crippen LogP contribution is -2.26. The molecule has 0 aliphatic rings. The molecule has 2 rings (SSSR count). The van der Waals surface area contributed by atoms with E-state index in [1.165, 1.54) is 0 Å². The van der Waals surface area contributed by atoms with E-state index >= 15 is 0 Å². The van der Waals surface area contributed by atoms with Crippen LogP contribution in [0.5, 0.6) is 0 Å². The fraction of sp³-hybridized carbons (Fsp3) is 0.250. The minimum absolute atomic E-state index is 0.00873. The number of rotatable bonds is 4. The van der Waals surface area contributed by atoms with Crippen molar-refractivity contribution in [1.82, 2.24) is 9.88 Å². The Kier molecular flexibility index (Phi) is 4.90. The summed E-state index contributed by atoms with van der Waals surface area (Å²) in [4.78, 5) is 18.4. The van der Waals surface area contributed by atoms with Crippen LogP contribution in [0.25, 0.3) is 0 Å². The third-order valence-electron chi connectivity index (χ3n) is 3.05. The van der Waals surface area contributed by atoms with Crippen LogP contribution in [0.4, 0.5) is 0 Å². The summed E-state index contributed by atoms with van der Waals surface area (Å²) in [5.41, 5.74) is 3.72. The van der Waals surface area contributed by atoms with Gasteiger partial charge in [-0.2, -0.15) is 0 Å². The van der Waals surface area contributed by atoms with Gasteiger partial charge in [0.25, 0.3) is 5.91 Å². The summed E-state index contributed by atoms with van der Waals surface area (Å²) >= 11 is 3.40. The molecular weight excluding hydrogens is 316 g/mol. The average Bonchev–Trinajstić information content (AvgIpc) is 2.46. The second kappa shape index (κ2) is 6.66. The van der Waals surface area contributed by atoms with E-state index in [0.717, 1.165) is 22.3 Å². The summed E-state index contributed by atoms with van der Waals surface area (Å²) in [6.07, 6.45) is 0. The van der Waals surface area contributed by atoms with Crippen molar-refractivity contribution in [2.24, 2.45) is 0 Å². The minimum atomic E-state index is 0.00873. The van der Waals surface area contributed by atoms with Crippen LogP contribution >= 0.6 is 15.9 Å². The second-order valence-corrected chi connectivity index (χ2v) is 5.32. The third-order valence-corrected chi connectivity index (χ3v) is 3.69. The minimum Gasteiger partial charge on any atom is -0.336 e. The maximum absolute atomic E-state index is 12.3. The molecule has 2 aromatic rings. The van der Waals surface area contributed by atoms with Gasteiger partial charge < -0.3 is 4.90 Å². The summed E-state index contributed by atoms with van der Waals surface area (Å²) in [5, 5.41) is 0.796. The second-order valence-electron chi connectivity index (χ2n) is 4.76. The van der Waals surface area contributed by atoms with E-state index in [-0.39, 0.29) is 5.91 Å². The van der Waals surface area contributed by atoms with Gasteiger partial charge in [-0.05, 0) is 36.8 Å². The lowest BCUT2D eigenvalue weighted by atomic mass is 10.1. The van der Waals surface area contributed by atoms with Gasteiger partial charge in [-0.25, -0.2) is 0 Å². The molecule has 0 spiro atoms. The number of halogens is 1. The van der Waals surface area contributed by atoms with Gasteiger partial charge in [0.2, 0.25) is 0 Å². The summed E-state index contributed by atoms with van der Waals surface area (Å²) in [6.45, 7) is 2.46. The van der Waals surface area contributed by atoms with Gasteiger partial charge >= 0.3 is 0 Å². The molecule has 0 N–H and O–H groups in total. The van der Waals surface area contributed by atoms with Gasteiger partial charge in [-0.1, -0.05) is 34.1 Å². The predicted molar refractivity (Wildman–Crippen MR) is 83.8 cm³/mol. The van der Waals surface area contributed by atoms with Crippen LogP contribution < -0.4 is 0 Å². The Morgan fingerprint density at radius 3 is 2.50 bits per heavy atom. The fourth-order valence-electron chi connectivity index (χ4n) is 1.96. The zero-order chi connectivity index (χ0) is 14.5. The van der Waals surface area contributed by atoms with E-state index in [4.69, 9.17) is 0 Å². The quantitative estimate of drug-likeness (QED) is 0.802. The predicted octanol–water partition coefficient (Wildman–Crippen LogP) is 3.56. The number of carbonyl (C=O) groups is 1. The molecule has 0 aliphatic carbocycles. The van der Waals surface area contributed by atoms with Gasteiger partial charge in [0, 0.05) is 23.6 Å². The van der Waals surface area contributed by atoms with E-state index in [9.17, 15) is 4.79 Å². The highest BCUT2D eigenvalue weighted by atomic mass is 79.9. The van der Waals surface area contributed by atoms with Crippen LogP contribution in [0.3, 0.4) is 0 Å². The van der Waals surface area contributed by atoms with E-state index in [1.807, 2.05) is 49.4 Å². The van der Waals surface area contributed by atoms with Crippen molar-refractivity contribution in [3.05, 3.63) is 65.0 Å². The van der Waals surface area contributed by atoms with Gasteiger partial charge in [0.15, 0.2) is 0 Å². The molecule has 0 fully saturated rings. The van der Waals surface area contributed by atoms with E-state index in [0.29, 0.717) is 12.1 Å². The maximum Gasteiger partial charge on any atom is 0.253 e. The van der Waals surface area contributed by atoms with Crippen LogP contribution in [0, 0.1) is 6.92 Å². The summed E-state index contributed by atoms with van der Waals surface area (Å²) in [5.74, 6) is 0.00873. The first kappa shape index (κ1) is 14.7. The lowest BCUT2D eigenvalue weighted by Gasteiger charge is -2.17. The first-order valence-electron chi connectivity index (χ1n) is 6.43. The molecular formula is C16H17BrN2O. The van der Waals surface area contributed by atoms with Crippen molar-refractivity contribution in [3.63, 3.8) is 0 Å². The number of carbonyl (C=O) groups excluding carboxylic acids is 1. The standard InChI is InChI=1S/C16H17BrN2O/c1-12-4-3-5-15(18-12)11-19(2)16(20)14-8-6-13(10-17)7-9-14/h3-9H,10-11H2,1-2H3. The largest absolute Gasteiger partial charge is 0.336 e. The molecule has 1 aromatic heterocycles. The lowest BCUT2D eigenvalue weighted by molar-refractivity contribution is 0.0783. The number of hydrogen-bond donors (Lipinski definition) is 0. The van der Waals surface area contributed by atoms with E-state index in [1.54, 1.807) is 11.9 Å². The maximum atomic E-state index is 12.3. The Balaban J connectivity index is 2.07. The van der Waals surface area contributed by atoms with Gasteiger partial charge in [0.1, 0.15) is 0 Å². The zero-order valence-corrected chi connectivity index (χ0v) is 13.2. The number of alkyl halides is 1. The van der Waals surface area contributed by atoms with Gasteiger partial charge in [0.05, 0.1) is 12.2 Å².